The van der Waals surface area contributed by atoms with Gasteiger partial charge in [0, 0.05) is 31.9 Å². The van der Waals surface area contributed by atoms with Crippen LogP contribution in [0.1, 0.15) is 49.9 Å². The molecule has 1 fully saturated rings. The van der Waals surface area contributed by atoms with Crippen LogP contribution in [0.15, 0.2) is 0 Å². The fourth-order valence-electron chi connectivity index (χ4n) is 2.50. The minimum Gasteiger partial charge on any atom is -0.345 e. The first kappa shape index (κ1) is 12.6. The van der Waals surface area contributed by atoms with Gasteiger partial charge in [0.25, 0.3) is 0 Å². The molecule has 0 saturated carbocycles. The van der Waals surface area contributed by atoms with Crippen LogP contribution in [0.2, 0.25) is 0 Å². The monoisotopic (exact) mass is 236 g/mol. The molecule has 1 unspecified atom stereocenters. The largest absolute Gasteiger partial charge is 0.345 e. The molecule has 1 atom stereocenters. The Kier molecular flexibility index (Phi) is 3.84. The van der Waals surface area contributed by atoms with Crippen LogP contribution in [0.5, 0.6) is 0 Å². The van der Waals surface area contributed by atoms with E-state index in [0.717, 1.165) is 32.0 Å². The Labute approximate surface area is 104 Å². The zero-order valence-corrected chi connectivity index (χ0v) is 11.4. The molecule has 96 valence electrons. The van der Waals surface area contributed by atoms with Gasteiger partial charge in [-0.25, -0.2) is 4.98 Å². The van der Waals surface area contributed by atoms with Crippen molar-refractivity contribution >= 4 is 0 Å². The third-order valence-corrected chi connectivity index (χ3v) is 3.58. The standard InChI is InChI=1S/C13H24N4/c1-9(2)12-10(3)15-13(16-12)11(4)17-7-5-14-6-8-17/h9,11,14H,5-8H2,1-4H3,(H,15,16). The molecule has 0 spiro atoms. The van der Waals surface area contributed by atoms with E-state index >= 15 is 0 Å². The average Bonchev–Trinajstić information content (AvgIpc) is 2.71. The molecule has 1 aromatic rings. The summed E-state index contributed by atoms with van der Waals surface area (Å²) in [7, 11) is 0. The molecule has 0 bridgehead atoms. The van der Waals surface area contributed by atoms with Crippen LogP contribution in [0.25, 0.3) is 0 Å². The zero-order chi connectivity index (χ0) is 12.4. The first-order valence-corrected chi connectivity index (χ1v) is 6.60. The molecule has 2 N–H and O–H groups in total. The summed E-state index contributed by atoms with van der Waals surface area (Å²) >= 11 is 0. The van der Waals surface area contributed by atoms with E-state index in [0.29, 0.717) is 12.0 Å². The summed E-state index contributed by atoms with van der Waals surface area (Å²) in [6, 6.07) is 0.392. The molecule has 0 aromatic carbocycles. The van der Waals surface area contributed by atoms with E-state index in [-0.39, 0.29) is 0 Å². The molecule has 1 aliphatic heterocycles. The van der Waals surface area contributed by atoms with Gasteiger partial charge >= 0.3 is 0 Å². The van der Waals surface area contributed by atoms with Gasteiger partial charge in [-0.15, -0.1) is 0 Å². The fourth-order valence-corrected chi connectivity index (χ4v) is 2.50. The van der Waals surface area contributed by atoms with Crippen molar-refractivity contribution < 1.29 is 0 Å². The molecule has 0 radical (unpaired) electrons. The first-order chi connectivity index (χ1) is 8.09. The van der Waals surface area contributed by atoms with Crippen molar-refractivity contribution in [2.75, 3.05) is 26.2 Å². The zero-order valence-electron chi connectivity index (χ0n) is 11.4. The number of imidazole rings is 1. The summed E-state index contributed by atoms with van der Waals surface area (Å²) in [6.07, 6.45) is 0. The highest BCUT2D eigenvalue weighted by Crippen LogP contribution is 2.22. The molecule has 4 heteroatoms. The second-order valence-corrected chi connectivity index (χ2v) is 5.25. The molecule has 0 amide bonds. The van der Waals surface area contributed by atoms with Gasteiger partial charge in [-0.1, -0.05) is 13.8 Å². The van der Waals surface area contributed by atoms with E-state index in [1.165, 1.54) is 11.4 Å². The number of H-pyrrole nitrogens is 1. The van der Waals surface area contributed by atoms with Crippen molar-refractivity contribution in [3.05, 3.63) is 17.2 Å². The Bertz CT molecular complexity index is 363. The van der Waals surface area contributed by atoms with Gasteiger partial charge in [0.1, 0.15) is 5.82 Å². The van der Waals surface area contributed by atoms with Crippen molar-refractivity contribution in [1.82, 2.24) is 20.2 Å². The third-order valence-electron chi connectivity index (χ3n) is 3.58. The average molecular weight is 236 g/mol. The van der Waals surface area contributed by atoms with E-state index in [1.807, 2.05) is 0 Å². The van der Waals surface area contributed by atoms with Gasteiger partial charge in [-0.2, -0.15) is 0 Å². The van der Waals surface area contributed by atoms with Crippen molar-refractivity contribution in [3.8, 4) is 0 Å². The van der Waals surface area contributed by atoms with E-state index in [4.69, 9.17) is 4.98 Å². The fraction of sp³-hybridized carbons (Fsp3) is 0.769. The Hall–Kier alpha value is -0.870. The lowest BCUT2D eigenvalue weighted by molar-refractivity contribution is 0.179. The normalized spacial score (nSPS) is 19.8. The molecule has 2 rings (SSSR count). The number of rotatable bonds is 3. The van der Waals surface area contributed by atoms with E-state index in [2.05, 4.69) is 42.9 Å². The highest BCUT2D eigenvalue weighted by Gasteiger charge is 2.21. The maximum Gasteiger partial charge on any atom is 0.123 e. The van der Waals surface area contributed by atoms with Crippen molar-refractivity contribution in [2.24, 2.45) is 0 Å². The summed E-state index contributed by atoms with van der Waals surface area (Å²) in [5, 5.41) is 3.38. The quantitative estimate of drug-likeness (QED) is 0.841. The van der Waals surface area contributed by atoms with Crippen molar-refractivity contribution in [1.29, 1.82) is 0 Å². The van der Waals surface area contributed by atoms with E-state index < -0.39 is 0 Å². The summed E-state index contributed by atoms with van der Waals surface area (Å²) < 4.78 is 0. The number of nitrogens with one attached hydrogen (secondary N) is 2. The van der Waals surface area contributed by atoms with Crippen molar-refractivity contribution in [3.63, 3.8) is 0 Å². The van der Waals surface area contributed by atoms with E-state index in [9.17, 15) is 0 Å². The Morgan fingerprint density at radius 1 is 1.18 bits per heavy atom. The molecule has 17 heavy (non-hydrogen) atoms. The van der Waals surface area contributed by atoms with Gasteiger partial charge in [0.05, 0.1) is 11.7 Å². The maximum atomic E-state index is 4.77. The predicted octanol–water partition coefficient (Wildman–Crippen LogP) is 1.81. The van der Waals surface area contributed by atoms with Crippen molar-refractivity contribution in [2.45, 2.75) is 39.7 Å². The van der Waals surface area contributed by atoms with Crippen LogP contribution in [0.4, 0.5) is 0 Å². The van der Waals surface area contributed by atoms with Crippen LogP contribution in [-0.2, 0) is 0 Å². The SMILES string of the molecule is Cc1[nH]c(C(C)N2CCNCC2)nc1C(C)C. The summed E-state index contributed by atoms with van der Waals surface area (Å²) in [6.45, 7) is 13.1. The summed E-state index contributed by atoms with van der Waals surface area (Å²) in [5.41, 5.74) is 2.43. The second-order valence-electron chi connectivity index (χ2n) is 5.25. The number of hydrogen-bond acceptors (Lipinski definition) is 3. The number of aryl methyl sites for hydroxylation is 1. The van der Waals surface area contributed by atoms with Gasteiger partial charge in [-0.3, -0.25) is 4.90 Å². The van der Waals surface area contributed by atoms with Crippen LogP contribution in [0.3, 0.4) is 0 Å². The molecule has 1 saturated heterocycles. The maximum absolute atomic E-state index is 4.77. The first-order valence-electron chi connectivity index (χ1n) is 6.60. The van der Waals surface area contributed by atoms with Crippen LogP contribution in [0, 0.1) is 6.92 Å². The molecule has 1 aromatic heterocycles. The highest BCUT2D eigenvalue weighted by atomic mass is 15.2. The number of aromatic nitrogens is 2. The minimum atomic E-state index is 0.392. The molecule has 1 aliphatic rings. The topological polar surface area (TPSA) is 44.0 Å². The molecular formula is C13H24N4. The van der Waals surface area contributed by atoms with Gasteiger partial charge < -0.3 is 10.3 Å². The number of hydrogen-bond donors (Lipinski definition) is 2. The molecule has 2 heterocycles. The van der Waals surface area contributed by atoms with Gasteiger partial charge in [0.2, 0.25) is 0 Å². The Balaban J connectivity index is 2.13. The number of nitrogens with zero attached hydrogens (tertiary/aromatic N) is 2. The van der Waals surface area contributed by atoms with Crippen LogP contribution >= 0.6 is 0 Å². The highest BCUT2D eigenvalue weighted by molar-refractivity contribution is 5.18. The predicted molar refractivity (Wildman–Crippen MR) is 70.3 cm³/mol. The van der Waals surface area contributed by atoms with Crippen LogP contribution in [-0.4, -0.2) is 41.0 Å². The Morgan fingerprint density at radius 3 is 2.35 bits per heavy atom. The van der Waals surface area contributed by atoms with Gasteiger partial charge in [-0.05, 0) is 19.8 Å². The molecular weight excluding hydrogens is 212 g/mol. The van der Waals surface area contributed by atoms with Crippen LogP contribution < -0.4 is 5.32 Å². The smallest absolute Gasteiger partial charge is 0.123 e. The molecule has 4 nitrogen and oxygen atoms in total. The molecule has 0 aliphatic carbocycles. The second kappa shape index (κ2) is 5.19. The summed E-state index contributed by atoms with van der Waals surface area (Å²) in [4.78, 5) is 10.7. The lowest BCUT2D eigenvalue weighted by atomic mass is 10.1. The number of piperazine rings is 1. The lowest BCUT2D eigenvalue weighted by Gasteiger charge is -2.31. The third kappa shape index (κ3) is 2.69. The Morgan fingerprint density at radius 2 is 1.82 bits per heavy atom. The number of aromatic amines is 1. The van der Waals surface area contributed by atoms with Gasteiger partial charge in [0.15, 0.2) is 0 Å². The van der Waals surface area contributed by atoms with E-state index in [1.54, 1.807) is 0 Å². The summed E-state index contributed by atoms with van der Waals surface area (Å²) in [5.74, 6) is 1.61. The minimum absolute atomic E-state index is 0.392. The lowest BCUT2D eigenvalue weighted by Crippen LogP contribution is -2.44.